The molecule has 0 radical (unpaired) electrons. The molecule has 4 aromatic rings. The summed E-state index contributed by atoms with van der Waals surface area (Å²) in [5.74, 6) is 0.693. The number of hydrogen-bond donors (Lipinski definition) is 1. The third kappa shape index (κ3) is 2.61. The van der Waals surface area contributed by atoms with Crippen molar-refractivity contribution in [1.82, 2.24) is 29.8 Å². The van der Waals surface area contributed by atoms with Crippen LogP contribution in [0.1, 0.15) is 30.5 Å². The fourth-order valence-corrected chi connectivity index (χ4v) is 4.95. The predicted octanol–water partition coefficient (Wildman–Crippen LogP) is 2.92. The van der Waals surface area contributed by atoms with E-state index in [1.807, 2.05) is 34.7 Å². The van der Waals surface area contributed by atoms with Crippen molar-refractivity contribution in [1.29, 1.82) is 5.26 Å². The summed E-state index contributed by atoms with van der Waals surface area (Å²) in [4.78, 5) is 7.35. The van der Waals surface area contributed by atoms with Crippen LogP contribution in [0.15, 0.2) is 48.7 Å². The van der Waals surface area contributed by atoms with Crippen LogP contribution >= 0.6 is 0 Å². The Kier molecular flexibility index (Phi) is 3.85. The van der Waals surface area contributed by atoms with Gasteiger partial charge in [-0.1, -0.05) is 24.3 Å². The van der Waals surface area contributed by atoms with Crippen molar-refractivity contribution in [3.63, 3.8) is 0 Å². The van der Waals surface area contributed by atoms with Crippen molar-refractivity contribution in [3.05, 3.63) is 59.8 Å². The molecule has 2 fully saturated rings. The number of aromatic nitrogens is 4. The topological polar surface area (TPSA) is 82.1 Å². The number of nitriles is 1. The van der Waals surface area contributed by atoms with Crippen LogP contribution < -0.4 is 5.32 Å². The van der Waals surface area contributed by atoms with Gasteiger partial charge in [-0.2, -0.15) is 5.26 Å². The molecule has 0 saturated carbocycles. The lowest BCUT2D eigenvalue weighted by Crippen LogP contribution is -2.44. The van der Waals surface area contributed by atoms with Crippen LogP contribution in [0.25, 0.3) is 28.1 Å². The first-order chi connectivity index (χ1) is 14.7. The zero-order valence-electron chi connectivity index (χ0n) is 16.7. The monoisotopic (exact) mass is 395 g/mol. The first-order valence-electron chi connectivity index (χ1n) is 10.4. The number of para-hydroxylation sites is 1. The minimum atomic E-state index is 0.330. The maximum absolute atomic E-state index is 9.44. The molecule has 7 nitrogen and oxygen atoms in total. The average molecular weight is 395 g/mol. The summed E-state index contributed by atoms with van der Waals surface area (Å²) >= 11 is 0. The molecular weight excluding hydrogens is 374 g/mol. The number of hydrogen-bond acceptors (Lipinski definition) is 6. The molecule has 2 bridgehead atoms. The van der Waals surface area contributed by atoms with Gasteiger partial charge in [0.15, 0.2) is 11.5 Å². The number of nitrogens with one attached hydrogen (secondary N) is 1. The molecule has 7 heteroatoms. The van der Waals surface area contributed by atoms with Gasteiger partial charge in [0.05, 0.1) is 11.1 Å². The van der Waals surface area contributed by atoms with Crippen molar-refractivity contribution in [3.8, 4) is 17.6 Å². The van der Waals surface area contributed by atoms with E-state index < -0.39 is 0 Å². The van der Waals surface area contributed by atoms with Gasteiger partial charge in [-0.25, -0.2) is 4.98 Å². The smallest absolute Gasteiger partial charge is 0.187 e. The second-order valence-corrected chi connectivity index (χ2v) is 8.27. The Hall–Kier alpha value is -3.34. The summed E-state index contributed by atoms with van der Waals surface area (Å²) in [5.41, 5.74) is 4.01. The average Bonchev–Trinajstić information content (AvgIpc) is 3.53. The predicted molar refractivity (Wildman–Crippen MR) is 114 cm³/mol. The Labute approximate surface area is 174 Å². The van der Waals surface area contributed by atoms with Crippen molar-refractivity contribution in [2.75, 3.05) is 13.1 Å². The van der Waals surface area contributed by atoms with Gasteiger partial charge in [0.25, 0.3) is 0 Å². The third-order valence-electron chi connectivity index (χ3n) is 6.57. The lowest BCUT2D eigenvalue weighted by atomic mass is 10.1. The van der Waals surface area contributed by atoms with Crippen molar-refractivity contribution >= 4 is 16.6 Å². The molecule has 3 atom stereocenters. The van der Waals surface area contributed by atoms with Crippen LogP contribution in [0.3, 0.4) is 0 Å². The summed E-state index contributed by atoms with van der Waals surface area (Å²) < 4.78 is 2.02. The number of likely N-dealkylation sites (tertiary alicyclic amines) is 1. The van der Waals surface area contributed by atoms with Gasteiger partial charge in [-0.3, -0.25) is 9.30 Å². The minimum Gasteiger partial charge on any atom is -0.311 e. The van der Waals surface area contributed by atoms with Gasteiger partial charge in [0, 0.05) is 42.8 Å². The summed E-state index contributed by atoms with van der Waals surface area (Å²) in [5, 5.41) is 22.7. The van der Waals surface area contributed by atoms with Crippen molar-refractivity contribution in [2.45, 2.75) is 31.5 Å². The quantitative estimate of drug-likeness (QED) is 0.574. The van der Waals surface area contributed by atoms with E-state index in [2.05, 4.69) is 45.7 Å². The van der Waals surface area contributed by atoms with Crippen LogP contribution in [-0.2, 0) is 0 Å². The number of fused-ring (bicyclic) bond motifs is 4. The second-order valence-electron chi connectivity index (χ2n) is 8.27. The highest BCUT2D eigenvalue weighted by atomic mass is 15.3. The van der Waals surface area contributed by atoms with Gasteiger partial charge in [-0.15, -0.1) is 10.2 Å². The van der Waals surface area contributed by atoms with E-state index in [0.29, 0.717) is 40.7 Å². The summed E-state index contributed by atoms with van der Waals surface area (Å²) in [7, 11) is 0. The van der Waals surface area contributed by atoms with Gasteiger partial charge < -0.3 is 5.32 Å². The molecular formula is C23H21N7. The Morgan fingerprint density at radius 2 is 2.10 bits per heavy atom. The SMILES string of the molecule is C[C@@H](c1ccc2nnc(-c3ccc4cccc(C#N)c4n3)n2c1)N1C[C@@H]2C[C@H]1CN2. The van der Waals surface area contributed by atoms with E-state index in [-0.39, 0.29) is 0 Å². The third-order valence-corrected chi connectivity index (χ3v) is 6.57. The van der Waals surface area contributed by atoms with Crippen molar-refractivity contribution < 1.29 is 0 Å². The Bertz CT molecular complexity index is 1320. The fourth-order valence-electron chi connectivity index (χ4n) is 4.95. The standard InChI is InChI=1S/C23H21N7/c1-14(29-13-18-9-19(29)11-25-18)17-6-8-21-27-28-23(30(21)12-17)20-7-5-15-3-2-4-16(10-24)22(15)26-20/h2-8,12,14,18-19,25H,9,11,13H2,1H3/t14-,18-,19-/m0/s1. The number of pyridine rings is 2. The summed E-state index contributed by atoms with van der Waals surface area (Å²) in [6, 6.07) is 17.6. The van der Waals surface area contributed by atoms with E-state index in [0.717, 1.165) is 24.1 Å². The van der Waals surface area contributed by atoms with Gasteiger partial charge >= 0.3 is 0 Å². The molecule has 1 aromatic carbocycles. The van der Waals surface area contributed by atoms with Gasteiger partial charge in [-0.05, 0) is 37.1 Å². The normalized spacial score (nSPS) is 22.0. The lowest BCUT2D eigenvalue weighted by molar-refractivity contribution is 0.170. The lowest BCUT2D eigenvalue weighted by Gasteiger charge is -2.33. The Balaban J connectivity index is 1.43. The zero-order valence-corrected chi connectivity index (χ0v) is 16.7. The molecule has 2 aliphatic rings. The molecule has 0 unspecified atom stereocenters. The Morgan fingerprint density at radius 1 is 1.17 bits per heavy atom. The maximum atomic E-state index is 9.44. The molecule has 0 aliphatic carbocycles. The van der Waals surface area contributed by atoms with E-state index >= 15 is 0 Å². The number of benzene rings is 1. The molecule has 148 valence electrons. The molecule has 0 amide bonds. The number of rotatable bonds is 3. The molecule has 1 N–H and O–H groups in total. The minimum absolute atomic E-state index is 0.330. The molecule has 3 aromatic heterocycles. The van der Waals surface area contributed by atoms with Gasteiger partial charge in [0.2, 0.25) is 0 Å². The first-order valence-corrected chi connectivity index (χ1v) is 10.4. The van der Waals surface area contributed by atoms with E-state index in [1.54, 1.807) is 6.07 Å². The van der Waals surface area contributed by atoms with E-state index in [1.165, 1.54) is 12.0 Å². The van der Waals surface area contributed by atoms with Crippen LogP contribution in [0.4, 0.5) is 0 Å². The molecule has 30 heavy (non-hydrogen) atoms. The fraction of sp³-hybridized carbons (Fsp3) is 0.304. The van der Waals surface area contributed by atoms with E-state index in [4.69, 9.17) is 4.98 Å². The Morgan fingerprint density at radius 3 is 2.90 bits per heavy atom. The van der Waals surface area contributed by atoms with Gasteiger partial charge in [0.1, 0.15) is 11.8 Å². The molecule has 2 aliphatic heterocycles. The molecule has 2 saturated heterocycles. The van der Waals surface area contributed by atoms with E-state index in [9.17, 15) is 5.26 Å². The second kappa shape index (κ2) is 6.59. The summed E-state index contributed by atoms with van der Waals surface area (Å²) in [6.07, 6.45) is 3.38. The first kappa shape index (κ1) is 17.5. The number of nitrogens with zero attached hydrogens (tertiary/aromatic N) is 6. The highest BCUT2D eigenvalue weighted by Crippen LogP contribution is 2.33. The zero-order chi connectivity index (χ0) is 20.2. The van der Waals surface area contributed by atoms with Crippen molar-refractivity contribution in [2.24, 2.45) is 0 Å². The van der Waals surface area contributed by atoms with Crippen LogP contribution in [0.5, 0.6) is 0 Å². The maximum Gasteiger partial charge on any atom is 0.187 e. The largest absolute Gasteiger partial charge is 0.311 e. The number of piperazine rings is 1. The van der Waals surface area contributed by atoms with Crippen LogP contribution in [0.2, 0.25) is 0 Å². The molecule has 0 spiro atoms. The highest BCUT2D eigenvalue weighted by molar-refractivity contribution is 5.85. The molecule has 5 heterocycles. The molecule has 6 rings (SSSR count). The summed E-state index contributed by atoms with van der Waals surface area (Å²) in [6.45, 7) is 4.46. The van der Waals surface area contributed by atoms with Crippen LogP contribution in [0, 0.1) is 11.3 Å². The van der Waals surface area contributed by atoms with Crippen LogP contribution in [-0.4, -0.2) is 49.7 Å². The highest BCUT2D eigenvalue weighted by Gasteiger charge is 2.40.